The molecule has 0 aromatic heterocycles. The van der Waals surface area contributed by atoms with Crippen molar-refractivity contribution in [1.29, 1.82) is 0 Å². The highest BCUT2D eigenvalue weighted by Crippen LogP contribution is 2.25. The van der Waals surface area contributed by atoms with Crippen LogP contribution in [0.5, 0.6) is 0 Å². The number of aliphatic hydroxyl groups excluding tert-OH is 1. The van der Waals surface area contributed by atoms with E-state index >= 15 is 0 Å². The number of cyclic esters (lactones) is 1. The molecule has 2 atom stereocenters. The van der Waals surface area contributed by atoms with Crippen molar-refractivity contribution in [3.8, 4) is 0 Å². The van der Waals surface area contributed by atoms with Crippen LogP contribution in [-0.4, -0.2) is 65.0 Å². The molecule has 7 heteroatoms. The number of benzene rings is 1. The van der Waals surface area contributed by atoms with Crippen LogP contribution in [0, 0.1) is 5.92 Å². The van der Waals surface area contributed by atoms with E-state index in [1.165, 1.54) is 0 Å². The van der Waals surface area contributed by atoms with Crippen LogP contribution in [0.1, 0.15) is 44.1 Å². The zero-order valence-electron chi connectivity index (χ0n) is 17.9. The van der Waals surface area contributed by atoms with Gasteiger partial charge < -0.3 is 19.6 Å². The molecule has 1 aromatic rings. The van der Waals surface area contributed by atoms with E-state index in [0.717, 1.165) is 18.4 Å². The maximum absolute atomic E-state index is 13.3. The van der Waals surface area contributed by atoms with Crippen molar-refractivity contribution in [3.63, 3.8) is 0 Å². The van der Waals surface area contributed by atoms with Gasteiger partial charge in [-0.1, -0.05) is 42.5 Å². The molecule has 0 spiro atoms. The maximum Gasteiger partial charge on any atom is 0.306 e. The molecule has 0 unspecified atom stereocenters. The number of carbonyl (C=O) groups is 3. The lowest BCUT2D eigenvalue weighted by atomic mass is 9.97. The predicted molar refractivity (Wildman–Crippen MR) is 116 cm³/mol. The normalized spacial score (nSPS) is 22.3. The van der Waals surface area contributed by atoms with Gasteiger partial charge in [-0.15, -0.1) is 0 Å². The van der Waals surface area contributed by atoms with Gasteiger partial charge in [-0.3, -0.25) is 14.4 Å². The Kier molecular flexibility index (Phi) is 8.64. The molecule has 2 aliphatic heterocycles. The minimum Gasteiger partial charge on any atom is -0.463 e. The van der Waals surface area contributed by atoms with E-state index < -0.39 is 5.92 Å². The summed E-state index contributed by atoms with van der Waals surface area (Å²) in [5.74, 6) is -0.895. The highest BCUT2D eigenvalue weighted by atomic mass is 16.5. The van der Waals surface area contributed by atoms with Crippen molar-refractivity contribution in [2.45, 2.75) is 51.1 Å². The lowest BCUT2D eigenvalue weighted by molar-refractivity contribution is -0.149. The Hall–Kier alpha value is -2.67. The van der Waals surface area contributed by atoms with Crippen LogP contribution in [0.4, 0.5) is 0 Å². The number of allylic oxidation sites excluding steroid dienone is 2. The molecular formula is C24H32N2O5. The highest BCUT2D eigenvalue weighted by molar-refractivity contribution is 5.86. The molecule has 1 saturated heterocycles. The van der Waals surface area contributed by atoms with Gasteiger partial charge in [-0.2, -0.15) is 0 Å². The molecule has 0 aliphatic carbocycles. The zero-order chi connectivity index (χ0) is 22.1. The average molecular weight is 429 g/mol. The Balaban J connectivity index is 1.73. The Labute approximate surface area is 183 Å². The largest absolute Gasteiger partial charge is 0.463 e. The quantitative estimate of drug-likeness (QED) is 0.555. The predicted octanol–water partition coefficient (Wildman–Crippen LogP) is 2.29. The lowest BCUT2D eigenvalue weighted by Crippen LogP contribution is -2.44. The number of amides is 2. The van der Waals surface area contributed by atoms with Gasteiger partial charge in [0.25, 0.3) is 0 Å². The molecule has 1 fully saturated rings. The molecule has 7 nitrogen and oxygen atoms in total. The zero-order valence-corrected chi connectivity index (χ0v) is 17.9. The number of nitrogens with zero attached hydrogens (tertiary/aromatic N) is 2. The van der Waals surface area contributed by atoms with E-state index in [0.29, 0.717) is 32.4 Å². The number of rotatable bonds is 6. The molecule has 0 bridgehead atoms. The van der Waals surface area contributed by atoms with Crippen LogP contribution >= 0.6 is 0 Å². The Morgan fingerprint density at radius 3 is 2.77 bits per heavy atom. The second-order valence-electron chi connectivity index (χ2n) is 8.18. The SMILES string of the molecule is O=C1CCC=CC[C@H](CC(=O)N(CCO)Cc2ccccc2)C(=O)N2CCC[C@H]2CO1. The second kappa shape index (κ2) is 11.6. The standard InChI is InChI=1S/C24H32N2O5/c27-15-14-25(17-19-8-3-1-4-9-19)22(28)16-20-10-5-2-6-12-23(29)31-18-21-11-7-13-26(21)24(20)30/h1-5,8-9,20-21,27H,6-7,10-18H2/t20-,21+/m1/s1. The Morgan fingerprint density at radius 1 is 1.19 bits per heavy atom. The van der Waals surface area contributed by atoms with E-state index in [4.69, 9.17) is 4.74 Å². The Bertz CT molecular complexity index is 779. The third-order valence-corrected chi connectivity index (χ3v) is 5.91. The van der Waals surface area contributed by atoms with Gasteiger partial charge in [-0.25, -0.2) is 0 Å². The van der Waals surface area contributed by atoms with Crippen molar-refractivity contribution in [1.82, 2.24) is 9.80 Å². The van der Waals surface area contributed by atoms with Crippen LogP contribution in [0.2, 0.25) is 0 Å². The number of aliphatic hydroxyl groups is 1. The van der Waals surface area contributed by atoms with E-state index in [1.54, 1.807) is 9.80 Å². The van der Waals surface area contributed by atoms with E-state index in [9.17, 15) is 19.5 Å². The summed E-state index contributed by atoms with van der Waals surface area (Å²) in [7, 11) is 0. The summed E-state index contributed by atoms with van der Waals surface area (Å²) in [6.45, 7) is 1.35. The van der Waals surface area contributed by atoms with Crippen LogP contribution in [-0.2, 0) is 25.7 Å². The summed E-state index contributed by atoms with van der Waals surface area (Å²) < 4.78 is 5.36. The molecule has 1 aromatic carbocycles. The molecule has 0 saturated carbocycles. The fourth-order valence-corrected chi connectivity index (χ4v) is 4.20. The molecular weight excluding hydrogens is 396 g/mol. The Morgan fingerprint density at radius 2 is 2.00 bits per heavy atom. The van der Waals surface area contributed by atoms with Crippen LogP contribution in [0.15, 0.2) is 42.5 Å². The van der Waals surface area contributed by atoms with Gasteiger partial charge in [0.15, 0.2) is 0 Å². The van der Waals surface area contributed by atoms with Crippen molar-refractivity contribution in [3.05, 3.63) is 48.0 Å². The number of hydrogen-bond acceptors (Lipinski definition) is 5. The van der Waals surface area contributed by atoms with Crippen LogP contribution < -0.4 is 0 Å². The summed E-state index contributed by atoms with van der Waals surface area (Å²) in [6.07, 6.45) is 6.89. The molecule has 2 amide bonds. The first kappa shape index (κ1) is 23.0. The smallest absolute Gasteiger partial charge is 0.306 e. The number of ether oxygens (including phenoxy) is 1. The van der Waals surface area contributed by atoms with Crippen molar-refractivity contribution < 1.29 is 24.2 Å². The van der Waals surface area contributed by atoms with Gasteiger partial charge in [0.1, 0.15) is 6.61 Å². The lowest BCUT2D eigenvalue weighted by Gasteiger charge is -2.30. The molecule has 0 radical (unpaired) electrons. The molecule has 2 heterocycles. The van der Waals surface area contributed by atoms with E-state index in [2.05, 4.69) is 0 Å². The molecule has 2 aliphatic rings. The first-order valence-electron chi connectivity index (χ1n) is 11.1. The van der Waals surface area contributed by atoms with Crippen LogP contribution in [0.25, 0.3) is 0 Å². The minimum absolute atomic E-state index is 0.0548. The van der Waals surface area contributed by atoms with E-state index in [-0.39, 0.29) is 50.0 Å². The number of fused-ring (bicyclic) bond motifs is 1. The summed E-state index contributed by atoms with van der Waals surface area (Å²) >= 11 is 0. The minimum atomic E-state index is -0.462. The van der Waals surface area contributed by atoms with Crippen LogP contribution in [0.3, 0.4) is 0 Å². The summed E-state index contributed by atoms with van der Waals surface area (Å²) in [5.41, 5.74) is 0.982. The summed E-state index contributed by atoms with van der Waals surface area (Å²) in [6, 6.07) is 9.52. The molecule has 1 N–H and O–H groups in total. The first-order valence-corrected chi connectivity index (χ1v) is 11.1. The summed E-state index contributed by atoms with van der Waals surface area (Å²) in [4.78, 5) is 41.7. The fourth-order valence-electron chi connectivity index (χ4n) is 4.20. The van der Waals surface area contributed by atoms with Crippen molar-refractivity contribution in [2.75, 3.05) is 26.3 Å². The van der Waals surface area contributed by atoms with Gasteiger partial charge in [-0.05, 0) is 31.2 Å². The van der Waals surface area contributed by atoms with Crippen molar-refractivity contribution >= 4 is 17.8 Å². The number of hydrogen-bond donors (Lipinski definition) is 1. The average Bonchev–Trinajstić information content (AvgIpc) is 3.24. The second-order valence-corrected chi connectivity index (χ2v) is 8.18. The monoisotopic (exact) mass is 428 g/mol. The maximum atomic E-state index is 13.3. The fraction of sp³-hybridized carbons (Fsp3) is 0.542. The molecule has 168 valence electrons. The first-order chi connectivity index (χ1) is 15.1. The van der Waals surface area contributed by atoms with Gasteiger partial charge >= 0.3 is 5.97 Å². The van der Waals surface area contributed by atoms with Crippen molar-refractivity contribution in [2.24, 2.45) is 5.92 Å². The third kappa shape index (κ3) is 6.66. The highest BCUT2D eigenvalue weighted by Gasteiger charge is 2.35. The van der Waals surface area contributed by atoms with Gasteiger partial charge in [0.05, 0.1) is 18.6 Å². The van der Waals surface area contributed by atoms with Gasteiger partial charge in [0, 0.05) is 32.5 Å². The topological polar surface area (TPSA) is 87.2 Å². The van der Waals surface area contributed by atoms with E-state index in [1.807, 2.05) is 42.5 Å². The molecule has 3 rings (SSSR count). The summed E-state index contributed by atoms with van der Waals surface area (Å²) in [5, 5.41) is 9.45. The van der Waals surface area contributed by atoms with Gasteiger partial charge in [0.2, 0.25) is 11.8 Å². The molecule has 31 heavy (non-hydrogen) atoms. The number of carbonyl (C=O) groups excluding carboxylic acids is 3. The third-order valence-electron chi connectivity index (χ3n) is 5.91. The number of esters is 1.